The summed E-state index contributed by atoms with van der Waals surface area (Å²) in [7, 11) is 0. The molecule has 1 aliphatic heterocycles. The Morgan fingerprint density at radius 2 is 2.23 bits per heavy atom. The topological polar surface area (TPSA) is 28.2 Å². The number of piperazine rings is 1. The van der Waals surface area contributed by atoms with E-state index >= 15 is 0 Å². The zero-order chi connectivity index (χ0) is 9.10. The second-order valence-electron chi connectivity index (χ2n) is 3.33. The highest BCUT2D eigenvalue weighted by molar-refractivity contribution is 5.50. The minimum absolute atomic E-state index is 1.06. The lowest BCUT2D eigenvalue weighted by molar-refractivity contribution is 0.587. The first-order valence-electron chi connectivity index (χ1n) is 4.67. The van der Waals surface area contributed by atoms with E-state index in [1.807, 2.05) is 6.07 Å². The van der Waals surface area contributed by atoms with Gasteiger partial charge in [0.25, 0.3) is 0 Å². The van der Waals surface area contributed by atoms with E-state index in [1.54, 1.807) is 6.20 Å². The monoisotopic (exact) mass is 176 g/mol. The molecule has 0 bridgehead atoms. The fourth-order valence-electron chi connectivity index (χ4n) is 1.62. The van der Waals surface area contributed by atoms with Gasteiger partial charge in [-0.25, -0.2) is 0 Å². The van der Waals surface area contributed by atoms with Crippen molar-refractivity contribution in [1.29, 1.82) is 0 Å². The predicted molar refractivity (Wildman–Crippen MR) is 52.9 cm³/mol. The van der Waals surface area contributed by atoms with Gasteiger partial charge in [0, 0.05) is 32.4 Å². The highest BCUT2D eigenvalue weighted by Gasteiger charge is 2.12. The molecule has 1 fully saturated rings. The number of hydrogen-bond donors (Lipinski definition) is 1. The van der Waals surface area contributed by atoms with E-state index in [0.717, 1.165) is 31.9 Å². The molecule has 0 aliphatic carbocycles. The number of nitrogens with one attached hydrogen (secondary N) is 1. The minimum Gasteiger partial charge on any atom is -0.367 e. The number of pyridine rings is 1. The Kier molecular flexibility index (Phi) is 2.45. The van der Waals surface area contributed by atoms with Crippen molar-refractivity contribution in [3.63, 3.8) is 0 Å². The minimum atomic E-state index is 1.06. The molecule has 1 aliphatic rings. The van der Waals surface area contributed by atoms with Gasteiger partial charge in [0.1, 0.15) is 6.20 Å². The van der Waals surface area contributed by atoms with Gasteiger partial charge in [-0.05, 0) is 18.6 Å². The third kappa shape index (κ3) is 1.80. The summed E-state index contributed by atoms with van der Waals surface area (Å²) in [4.78, 5) is 6.37. The molecular formula is C10H14N3. The molecule has 3 heteroatoms. The maximum absolute atomic E-state index is 4.03. The van der Waals surface area contributed by atoms with Gasteiger partial charge >= 0.3 is 0 Å². The smallest absolute Gasteiger partial charge is 0.114 e. The summed E-state index contributed by atoms with van der Waals surface area (Å²) < 4.78 is 0. The van der Waals surface area contributed by atoms with E-state index in [9.17, 15) is 0 Å². The maximum Gasteiger partial charge on any atom is 0.114 e. The standard InChI is InChI=1S/C10H14N3/c1-9-2-3-12-8-10(9)13-6-4-11-5-7-13/h2-3,11H,4-7H2,1H3. The molecule has 1 aromatic heterocycles. The molecule has 0 aromatic carbocycles. The van der Waals surface area contributed by atoms with Gasteiger partial charge in [-0.1, -0.05) is 0 Å². The number of anilines is 1. The van der Waals surface area contributed by atoms with Crippen LogP contribution >= 0.6 is 0 Å². The summed E-state index contributed by atoms with van der Waals surface area (Å²) in [5.41, 5.74) is 2.42. The molecule has 2 heterocycles. The molecule has 13 heavy (non-hydrogen) atoms. The van der Waals surface area contributed by atoms with Crippen LogP contribution in [0.5, 0.6) is 0 Å². The fourth-order valence-corrected chi connectivity index (χ4v) is 1.62. The first-order valence-corrected chi connectivity index (χ1v) is 4.67. The van der Waals surface area contributed by atoms with E-state index in [-0.39, 0.29) is 0 Å². The van der Waals surface area contributed by atoms with E-state index in [2.05, 4.69) is 28.3 Å². The lowest BCUT2D eigenvalue weighted by atomic mass is 10.2. The second kappa shape index (κ2) is 3.75. The van der Waals surface area contributed by atoms with Crippen molar-refractivity contribution in [1.82, 2.24) is 10.3 Å². The Morgan fingerprint density at radius 1 is 1.46 bits per heavy atom. The van der Waals surface area contributed by atoms with Crippen LogP contribution in [0.3, 0.4) is 0 Å². The Labute approximate surface area is 78.8 Å². The average molecular weight is 176 g/mol. The van der Waals surface area contributed by atoms with Crippen LogP contribution in [0.15, 0.2) is 12.3 Å². The quantitative estimate of drug-likeness (QED) is 0.679. The largest absolute Gasteiger partial charge is 0.367 e. The SMILES string of the molecule is Cc1ccn[c]c1N1CCNCC1. The second-order valence-corrected chi connectivity index (χ2v) is 3.33. The summed E-state index contributed by atoms with van der Waals surface area (Å²) in [6, 6.07) is 2.04. The van der Waals surface area contributed by atoms with Crippen LogP contribution in [0.2, 0.25) is 0 Å². The zero-order valence-electron chi connectivity index (χ0n) is 7.88. The normalized spacial score (nSPS) is 17.5. The average Bonchev–Trinajstić information content (AvgIpc) is 2.20. The van der Waals surface area contributed by atoms with Crippen LogP contribution in [-0.4, -0.2) is 31.2 Å². The predicted octanol–water partition coefficient (Wildman–Crippen LogP) is 0.600. The summed E-state index contributed by atoms with van der Waals surface area (Å²) in [5, 5.41) is 3.33. The van der Waals surface area contributed by atoms with Crippen molar-refractivity contribution >= 4 is 5.69 Å². The number of rotatable bonds is 1. The van der Waals surface area contributed by atoms with E-state index in [0.29, 0.717) is 0 Å². The Balaban J connectivity index is 2.18. The number of aryl methyl sites for hydroxylation is 1. The molecule has 0 unspecified atom stereocenters. The highest BCUT2D eigenvalue weighted by atomic mass is 15.2. The summed E-state index contributed by atoms with van der Waals surface area (Å²) >= 11 is 0. The number of aromatic nitrogens is 1. The summed E-state index contributed by atoms with van der Waals surface area (Å²) in [5.74, 6) is 0. The summed E-state index contributed by atoms with van der Waals surface area (Å²) in [6.07, 6.45) is 4.85. The lowest BCUT2D eigenvalue weighted by Gasteiger charge is -2.29. The van der Waals surface area contributed by atoms with Crippen molar-refractivity contribution in [3.05, 3.63) is 24.0 Å². The van der Waals surface area contributed by atoms with Crippen LogP contribution in [0.25, 0.3) is 0 Å². The van der Waals surface area contributed by atoms with Crippen LogP contribution in [0.1, 0.15) is 5.56 Å². The van der Waals surface area contributed by atoms with Crippen LogP contribution in [-0.2, 0) is 0 Å². The number of hydrogen-bond acceptors (Lipinski definition) is 3. The molecular weight excluding hydrogens is 162 g/mol. The van der Waals surface area contributed by atoms with Gasteiger partial charge in [-0.15, -0.1) is 0 Å². The van der Waals surface area contributed by atoms with Gasteiger partial charge in [0.05, 0.1) is 5.69 Å². The van der Waals surface area contributed by atoms with Crippen molar-refractivity contribution in [2.45, 2.75) is 6.92 Å². The van der Waals surface area contributed by atoms with E-state index in [4.69, 9.17) is 0 Å². The first-order chi connectivity index (χ1) is 6.38. The van der Waals surface area contributed by atoms with Crippen molar-refractivity contribution in [3.8, 4) is 0 Å². The van der Waals surface area contributed by atoms with Gasteiger partial charge < -0.3 is 10.2 Å². The molecule has 2 rings (SSSR count). The lowest BCUT2D eigenvalue weighted by Crippen LogP contribution is -2.43. The molecule has 3 nitrogen and oxygen atoms in total. The Bertz CT molecular complexity index is 279. The highest BCUT2D eigenvalue weighted by Crippen LogP contribution is 2.17. The number of nitrogens with zero attached hydrogens (tertiary/aromatic N) is 2. The third-order valence-corrected chi connectivity index (χ3v) is 2.38. The zero-order valence-corrected chi connectivity index (χ0v) is 7.88. The van der Waals surface area contributed by atoms with Gasteiger partial charge in [0.15, 0.2) is 0 Å². The fraction of sp³-hybridized carbons (Fsp3) is 0.500. The molecule has 1 aromatic rings. The molecule has 1 radical (unpaired) electrons. The summed E-state index contributed by atoms with van der Waals surface area (Å²) in [6.45, 7) is 6.34. The molecule has 69 valence electrons. The third-order valence-electron chi connectivity index (χ3n) is 2.38. The van der Waals surface area contributed by atoms with Crippen LogP contribution in [0, 0.1) is 13.1 Å². The molecule has 1 saturated heterocycles. The molecule has 1 N–H and O–H groups in total. The van der Waals surface area contributed by atoms with Crippen molar-refractivity contribution in [2.24, 2.45) is 0 Å². The molecule has 0 atom stereocenters. The van der Waals surface area contributed by atoms with Crippen molar-refractivity contribution < 1.29 is 0 Å². The van der Waals surface area contributed by atoms with Gasteiger partial charge in [0.2, 0.25) is 0 Å². The molecule has 0 amide bonds. The molecule has 0 spiro atoms. The Hall–Kier alpha value is -1.09. The maximum atomic E-state index is 4.03. The van der Waals surface area contributed by atoms with E-state index < -0.39 is 0 Å². The van der Waals surface area contributed by atoms with Crippen LogP contribution < -0.4 is 10.2 Å². The molecule has 0 saturated carbocycles. The van der Waals surface area contributed by atoms with E-state index in [1.165, 1.54) is 5.56 Å². The van der Waals surface area contributed by atoms with Gasteiger partial charge in [-0.3, -0.25) is 4.98 Å². The Morgan fingerprint density at radius 3 is 2.92 bits per heavy atom. The first kappa shape index (κ1) is 8.51. The van der Waals surface area contributed by atoms with Gasteiger partial charge in [-0.2, -0.15) is 0 Å². The van der Waals surface area contributed by atoms with Crippen LogP contribution in [0.4, 0.5) is 5.69 Å². The van der Waals surface area contributed by atoms with Crippen molar-refractivity contribution in [2.75, 3.05) is 31.1 Å².